The summed E-state index contributed by atoms with van der Waals surface area (Å²) in [7, 11) is 1.89. The Balaban J connectivity index is 1.52. The minimum absolute atomic E-state index is 0.0999. The maximum absolute atomic E-state index is 12.5. The van der Waals surface area contributed by atoms with Gasteiger partial charge in [0.2, 0.25) is 5.82 Å². The van der Waals surface area contributed by atoms with E-state index in [1.165, 1.54) is 0 Å². The van der Waals surface area contributed by atoms with Gasteiger partial charge in [-0.1, -0.05) is 11.6 Å². The summed E-state index contributed by atoms with van der Waals surface area (Å²) in [6.07, 6.45) is 3.43. The number of halogens is 1. The first-order chi connectivity index (χ1) is 13.0. The highest BCUT2D eigenvalue weighted by molar-refractivity contribution is 6.30. The number of aryl methyl sites for hydroxylation is 2. The van der Waals surface area contributed by atoms with E-state index in [4.69, 9.17) is 11.6 Å². The van der Waals surface area contributed by atoms with Crippen LogP contribution in [0, 0.1) is 6.92 Å². The zero-order valence-corrected chi connectivity index (χ0v) is 15.5. The van der Waals surface area contributed by atoms with E-state index < -0.39 is 0 Å². The molecule has 1 N–H and O–H groups in total. The maximum atomic E-state index is 12.5. The normalized spacial score (nSPS) is 11.1. The number of nitrogens with one attached hydrogen (secondary N) is 1. The molecule has 0 atom stereocenters. The fourth-order valence-electron chi connectivity index (χ4n) is 2.79. The zero-order chi connectivity index (χ0) is 19.0. The van der Waals surface area contributed by atoms with E-state index in [2.05, 4.69) is 25.4 Å². The Morgan fingerprint density at radius 3 is 2.70 bits per heavy atom. The Morgan fingerprint density at radius 1 is 1.19 bits per heavy atom. The number of pyridine rings is 1. The highest BCUT2D eigenvalue weighted by Crippen LogP contribution is 2.15. The van der Waals surface area contributed by atoms with Crippen molar-refractivity contribution in [2.75, 3.05) is 0 Å². The molecule has 4 aromatic rings. The third-order valence-electron chi connectivity index (χ3n) is 4.23. The smallest absolute Gasteiger partial charge is 0.291 e. The summed E-state index contributed by atoms with van der Waals surface area (Å²) in [5.41, 5.74) is 2.52. The standard InChI is InChI=1S/C18H16ClN7O/c1-11-22-17(24-26(11)13-5-3-12(19)4-6-13)18(27)21-10-16-23-14-7-8-20-9-15(14)25(16)2/h3-9H,10H2,1-2H3,(H,21,27). The molecule has 3 aromatic heterocycles. The summed E-state index contributed by atoms with van der Waals surface area (Å²) in [6.45, 7) is 2.05. The number of carbonyl (C=O) groups is 1. The first kappa shape index (κ1) is 17.2. The Kier molecular flexibility index (Phi) is 4.33. The summed E-state index contributed by atoms with van der Waals surface area (Å²) in [5.74, 6) is 1.07. The molecule has 0 radical (unpaired) electrons. The summed E-state index contributed by atoms with van der Waals surface area (Å²) < 4.78 is 3.50. The van der Waals surface area contributed by atoms with E-state index in [-0.39, 0.29) is 18.3 Å². The van der Waals surface area contributed by atoms with E-state index in [1.54, 1.807) is 36.1 Å². The first-order valence-corrected chi connectivity index (χ1v) is 8.64. The molecule has 0 spiro atoms. The molecule has 0 bridgehead atoms. The molecule has 0 aliphatic carbocycles. The van der Waals surface area contributed by atoms with Gasteiger partial charge in [0.1, 0.15) is 11.6 Å². The van der Waals surface area contributed by atoms with Crippen LogP contribution in [0.3, 0.4) is 0 Å². The number of fused-ring (bicyclic) bond motifs is 1. The molecule has 3 heterocycles. The Bertz CT molecular complexity index is 1130. The number of benzene rings is 1. The average Bonchev–Trinajstić information content (AvgIpc) is 3.21. The quantitative estimate of drug-likeness (QED) is 0.586. The highest BCUT2D eigenvalue weighted by atomic mass is 35.5. The van der Waals surface area contributed by atoms with Crippen molar-refractivity contribution in [3.63, 3.8) is 0 Å². The van der Waals surface area contributed by atoms with Gasteiger partial charge in [-0.2, -0.15) is 0 Å². The van der Waals surface area contributed by atoms with Gasteiger partial charge < -0.3 is 9.88 Å². The van der Waals surface area contributed by atoms with Crippen molar-refractivity contribution in [3.8, 4) is 5.69 Å². The lowest BCUT2D eigenvalue weighted by molar-refractivity contribution is 0.0939. The largest absolute Gasteiger partial charge is 0.342 e. The van der Waals surface area contributed by atoms with Crippen molar-refractivity contribution < 1.29 is 4.79 Å². The molecule has 1 amide bonds. The summed E-state index contributed by atoms with van der Waals surface area (Å²) in [6, 6.07) is 8.99. The summed E-state index contributed by atoms with van der Waals surface area (Å²) in [5, 5.41) is 7.75. The van der Waals surface area contributed by atoms with E-state index in [0.717, 1.165) is 22.5 Å². The van der Waals surface area contributed by atoms with Gasteiger partial charge >= 0.3 is 0 Å². The molecule has 0 saturated carbocycles. The molecular formula is C18H16ClN7O. The number of aromatic nitrogens is 6. The van der Waals surface area contributed by atoms with E-state index in [0.29, 0.717) is 10.8 Å². The minimum Gasteiger partial charge on any atom is -0.342 e. The van der Waals surface area contributed by atoms with Crippen molar-refractivity contribution in [3.05, 3.63) is 65.2 Å². The number of nitrogens with zero attached hydrogens (tertiary/aromatic N) is 6. The molecule has 0 aliphatic rings. The summed E-state index contributed by atoms with van der Waals surface area (Å²) >= 11 is 5.91. The maximum Gasteiger partial charge on any atom is 0.291 e. The highest BCUT2D eigenvalue weighted by Gasteiger charge is 2.16. The van der Waals surface area contributed by atoms with Crippen molar-refractivity contribution in [2.45, 2.75) is 13.5 Å². The van der Waals surface area contributed by atoms with Gasteiger partial charge in [-0.3, -0.25) is 9.78 Å². The van der Waals surface area contributed by atoms with Gasteiger partial charge in [0.05, 0.1) is 29.5 Å². The Hall–Kier alpha value is -3.26. The van der Waals surface area contributed by atoms with Crippen LogP contribution in [0.4, 0.5) is 0 Å². The molecule has 4 rings (SSSR count). The van der Waals surface area contributed by atoms with E-state index >= 15 is 0 Å². The van der Waals surface area contributed by atoms with E-state index in [1.807, 2.05) is 29.8 Å². The number of hydrogen-bond donors (Lipinski definition) is 1. The zero-order valence-electron chi connectivity index (χ0n) is 14.7. The number of imidazole rings is 1. The fraction of sp³-hybridized carbons (Fsp3) is 0.167. The second-order valence-corrected chi connectivity index (χ2v) is 6.44. The number of amides is 1. The van der Waals surface area contributed by atoms with Crippen LogP contribution in [-0.4, -0.2) is 35.2 Å². The van der Waals surface area contributed by atoms with Crippen LogP contribution < -0.4 is 5.32 Å². The topological polar surface area (TPSA) is 90.5 Å². The van der Waals surface area contributed by atoms with Crippen molar-refractivity contribution in [1.29, 1.82) is 0 Å². The lowest BCUT2D eigenvalue weighted by atomic mass is 10.3. The van der Waals surface area contributed by atoms with Gasteiger partial charge in [-0.15, -0.1) is 5.10 Å². The first-order valence-electron chi connectivity index (χ1n) is 8.26. The molecular weight excluding hydrogens is 366 g/mol. The Labute approximate surface area is 159 Å². The Morgan fingerprint density at radius 2 is 1.96 bits per heavy atom. The molecule has 136 valence electrons. The number of rotatable bonds is 4. The number of carbonyl (C=O) groups excluding carboxylic acids is 1. The van der Waals surface area contributed by atoms with Crippen LogP contribution in [-0.2, 0) is 13.6 Å². The van der Waals surface area contributed by atoms with Crippen LogP contribution in [0.5, 0.6) is 0 Å². The molecule has 1 aromatic carbocycles. The molecule has 0 fully saturated rings. The SMILES string of the molecule is Cc1nc(C(=O)NCc2nc3ccncc3n2C)nn1-c1ccc(Cl)cc1. The lowest BCUT2D eigenvalue weighted by Crippen LogP contribution is -2.25. The van der Waals surface area contributed by atoms with Crippen LogP contribution in [0.25, 0.3) is 16.7 Å². The molecule has 0 saturated heterocycles. The van der Waals surface area contributed by atoms with Gasteiger partial charge in [-0.05, 0) is 37.3 Å². The predicted molar refractivity (Wildman–Crippen MR) is 101 cm³/mol. The lowest BCUT2D eigenvalue weighted by Gasteiger charge is -2.03. The fourth-order valence-corrected chi connectivity index (χ4v) is 2.92. The predicted octanol–water partition coefficient (Wildman–Crippen LogP) is 2.44. The third-order valence-corrected chi connectivity index (χ3v) is 4.48. The van der Waals surface area contributed by atoms with Gasteiger partial charge in [0, 0.05) is 18.3 Å². The monoisotopic (exact) mass is 381 g/mol. The molecule has 27 heavy (non-hydrogen) atoms. The third kappa shape index (κ3) is 3.26. The molecule has 9 heteroatoms. The minimum atomic E-state index is -0.365. The van der Waals surface area contributed by atoms with Crippen LogP contribution in [0.1, 0.15) is 22.3 Å². The molecule has 8 nitrogen and oxygen atoms in total. The van der Waals surface area contributed by atoms with Gasteiger partial charge in [-0.25, -0.2) is 14.6 Å². The van der Waals surface area contributed by atoms with Crippen LogP contribution >= 0.6 is 11.6 Å². The van der Waals surface area contributed by atoms with Crippen LogP contribution in [0.15, 0.2) is 42.7 Å². The number of hydrogen-bond acceptors (Lipinski definition) is 5. The van der Waals surface area contributed by atoms with E-state index in [9.17, 15) is 4.79 Å². The van der Waals surface area contributed by atoms with Gasteiger partial charge in [0.15, 0.2) is 0 Å². The second-order valence-electron chi connectivity index (χ2n) is 6.00. The van der Waals surface area contributed by atoms with Crippen molar-refractivity contribution >= 4 is 28.5 Å². The van der Waals surface area contributed by atoms with Crippen LogP contribution in [0.2, 0.25) is 5.02 Å². The second kappa shape index (κ2) is 6.81. The van der Waals surface area contributed by atoms with Gasteiger partial charge in [0.25, 0.3) is 5.91 Å². The average molecular weight is 382 g/mol. The summed E-state index contributed by atoms with van der Waals surface area (Å²) in [4.78, 5) is 25.3. The molecule has 0 aliphatic heterocycles. The molecule has 0 unspecified atom stereocenters. The van der Waals surface area contributed by atoms with Crippen molar-refractivity contribution in [2.24, 2.45) is 7.05 Å². The van der Waals surface area contributed by atoms with Crippen molar-refractivity contribution in [1.82, 2.24) is 34.6 Å².